The lowest BCUT2D eigenvalue weighted by molar-refractivity contribution is 0.179. The fourth-order valence-electron chi connectivity index (χ4n) is 2.08. The highest BCUT2D eigenvalue weighted by atomic mass is 32.1. The Labute approximate surface area is 123 Å². The molecule has 0 aliphatic carbocycles. The van der Waals surface area contributed by atoms with Crippen molar-refractivity contribution in [3.05, 3.63) is 40.4 Å². The molecule has 0 saturated heterocycles. The van der Waals surface area contributed by atoms with Gasteiger partial charge in [0.1, 0.15) is 0 Å². The van der Waals surface area contributed by atoms with Gasteiger partial charge < -0.3 is 14.7 Å². The van der Waals surface area contributed by atoms with Crippen LogP contribution in [0.1, 0.15) is 23.1 Å². The van der Waals surface area contributed by atoms with E-state index in [1.807, 2.05) is 6.07 Å². The van der Waals surface area contributed by atoms with Gasteiger partial charge in [-0.25, -0.2) is 4.98 Å². The van der Waals surface area contributed by atoms with E-state index in [2.05, 4.69) is 41.9 Å². The average Bonchev–Trinajstić information content (AvgIpc) is 2.83. The van der Waals surface area contributed by atoms with Gasteiger partial charge in [0.2, 0.25) is 0 Å². The average molecular weight is 292 g/mol. The molecule has 0 aliphatic rings. The van der Waals surface area contributed by atoms with Crippen LogP contribution in [0.3, 0.4) is 0 Å². The van der Waals surface area contributed by atoms with E-state index in [4.69, 9.17) is 4.74 Å². The number of methoxy groups -OCH3 is 1. The van der Waals surface area contributed by atoms with E-state index in [0.717, 1.165) is 27.9 Å². The van der Waals surface area contributed by atoms with Crippen molar-refractivity contribution in [3.63, 3.8) is 0 Å². The Balaban J connectivity index is 2.36. The minimum Gasteiger partial charge on any atom is -0.391 e. The Kier molecular flexibility index (Phi) is 5.11. The Hall–Kier alpha value is -1.43. The first kappa shape index (κ1) is 15.0. The number of nitrogens with zero attached hydrogens (tertiary/aromatic N) is 2. The van der Waals surface area contributed by atoms with Crippen LogP contribution >= 0.6 is 11.3 Å². The lowest BCUT2D eigenvalue weighted by atomic mass is 10.2. The minimum absolute atomic E-state index is 0.00172. The summed E-state index contributed by atoms with van der Waals surface area (Å²) in [7, 11) is 1.64. The second kappa shape index (κ2) is 6.83. The maximum atomic E-state index is 9.42. The number of hydrogen-bond acceptors (Lipinski definition) is 5. The molecule has 4 nitrogen and oxygen atoms in total. The third-order valence-electron chi connectivity index (χ3n) is 3.05. The number of aryl methyl sites for hydroxylation is 1. The summed E-state index contributed by atoms with van der Waals surface area (Å²) in [5, 5.41) is 10.3. The maximum Gasteiger partial charge on any atom is 0.190 e. The fraction of sp³-hybridized carbons (Fsp3) is 0.400. The van der Waals surface area contributed by atoms with Gasteiger partial charge in [0.15, 0.2) is 5.13 Å². The second-order valence-electron chi connectivity index (χ2n) is 4.54. The highest BCUT2D eigenvalue weighted by molar-refractivity contribution is 7.15. The number of ether oxygens (including phenoxy) is 1. The molecule has 0 spiro atoms. The van der Waals surface area contributed by atoms with Gasteiger partial charge in [-0.3, -0.25) is 0 Å². The largest absolute Gasteiger partial charge is 0.391 e. The van der Waals surface area contributed by atoms with E-state index in [9.17, 15) is 5.11 Å². The highest BCUT2D eigenvalue weighted by Crippen LogP contribution is 2.32. The van der Waals surface area contributed by atoms with E-state index in [1.54, 1.807) is 7.11 Å². The molecule has 5 heteroatoms. The van der Waals surface area contributed by atoms with Gasteiger partial charge in [0.05, 0.1) is 23.8 Å². The van der Waals surface area contributed by atoms with Crippen molar-refractivity contribution in [1.29, 1.82) is 0 Å². The van der Waals surface area contributed by atoms with Crippen LogP contribution in [0, 0.1) is 6.92 Å². The Morgan fingerprint density at radius 2 is 2.20 bits per heavy atom. The van der Waals surface area contributed by atoms with Crippen LogP contribution in [0.2, 0.25) is 0 Å². The molecule has 0 bridgehead atoms. The summed E-state index contributed by atoms with van der Waals surface area (Å²) in [6, 6.07) is 8.34. The maximum absolute atomic E-state index is 9.42. The van der Waals surface area contributed by atoms with Crippen molar-refractivity contribution in [2.45, 2.75) is 27.1 Å². The predicted octanol–water partition coefficient (Wildman–Crippen LogP) is 3.25. The molecule has 0 unspecified atom stereocenters. The predicted molar refractivity (Wildman–Crippen MR) is 82.6 cm³/mol. The Morgan fingerprint density at radius 3 is 2.80 bits per heavy atom. The number of aliphatic hydroxyl groups excluding tert-OH is 1. The summed E-state index contributed by atoms with van der Waals surface area (Å²) in [6.07, 6.45) is 0. The van der Waals surface area contributed by atoms with E-state index >= 15 is 0 Å². The van der Waals surface area contributed by atoms with Crippen molar-refractivity contribution in [1.82, 2.24) is 4.98 Å². The molecule has 1 N–H and O–H groups in total. The molecule has 2 rings (SSSR count). The molecule has 108 valence electrons. The van der Waals surface area contributed by atoms with Gasteiger partial charge in [-0.15, -0.1) is 0 Å². The minimum atomic E-state index is 0.00172. The van der Waals surface area contributed by atoms with Gasteiger partial charge in [0, 0.05) is 19.3 Å². The van der Waals surface area contributed by atoms with Gasteiger partial charge in [-0.05, 0) is 31.5 Å². The Morgan fingerprint density at radius 1 is 1.40 bits per heavy atom. The Bertz CT molecular complexity index is 569. The number of hydrogen-bond donors (Lipinski definition) is 1. The smallest absolute Gasteiger partial charge is 0.190 e. The molecule has 1 heterocycles. The molecule has 0 fully saturated rings. The quantitative estimate of drug-likeness (QED) is 0.887. The lowest BCUT2D eigenvalue weighted by Gasteiger charge is -2.20. The molecule has 0 aliphatic heterocycles. The zero-order valence-corrected chi connectivity index (χ0v) is 12.9. The van der Waals surface area contributed by atoms with Crippen LogP contribution < -0.4 is 4.90 Å². The summed E-state index contributed by atoms with van der Waals surface area (Å²) >= 11 is 1.52. The van der Waals surface area contributed by atoms with E-state index < -0.39 is 0 Å². The van der Waals surface area contributed by atoms with Crippen LogP contribution in [0.25, 0.3) is 0 Å². The number of thiazole rings is 1. The molecule has 0 amide bonds. The molecule has 20 heavy (non-hydrogen) atoms. The monoisotopic (exact) mass is 292 g/mol. The van der Waals surface area contributed by atoms with Gasteiger partial charge in [0.25, 0.3) is 0 Å². The molecule has 1 aromatic carbocycles. The van der Waals surface area contributed by atoms with E-state index in [1.165, 1.54) is 16.9 Å². The number of aliphatic hydroxyl groups is 1. The SMILES string of the molecule is CCN(c1cccc(C)c1)c1nc(COC)c(CO)s1. The number of rotatable bonds is 6. The lowest BCUT2D eigenvalue weighted by Crippen LogP contribution is -2.15. The van der Waals surface area contributed by atoms with Crippen LogP contribution in [-0.4, -0.2) is 23.7 Å². The zero-order valence-electron chi connectivity index (χ0n) is 12.1. The molecule has 0 saturated carbocycles. The van der Waals surface area contributed by atoms with Crippen molar-refractivity contribution in [2.24, 2.45) is 0 Å². The zero-order chi connectivity index (χ0) is 14.5. The first-order valence-electron chi connectivity index (χ1n) is 6.62. The van der Waals surface area contributed by atoms with Crippen molar-refractivity contribution in [3.8, 4) is 0 Å². The molecule has 0 atom stereocenters. The second-order valence-corrected chi connectivity index (χ2v) is 5.60. The van der Waals surface area contributed by atoms with Crippen molar-refractivity contribution < 1.29 is 9.84 Å². The first-order valence-corrected chi connectivity index (χ1v) is 7.43. The normalized spacial score (nSPS) is 10.8. The van der Waals surface area contributed by atoms with Crippen LogP contribution in [0.15, 0.2) is 24.3 Å². The number of aromatic nitrogens is 1. The summed E-state index contributed by atoms with van der Waals surface area (Å²) in [4.78, 5) is 7.62. The molecule has 0 radical (unpaired) electrons. The van der Waals surface area contributed by atoms with Crippen molar-refractivity contribution >= 4 is 22.2 Å². The summed E-state index contributed by atoms with van der Waals surface area (Å²) in [5.74, 6) is 0. The third-order valence-corrected chi connectivity index (χ3v) is 4.16. The van der Waals surface area contributed by atoms with E-state index in [-0.39, 0.29) is 6.61 Å². The molecular weight excluding hydrogens is 272 g/mol. The summed E-state index contributed by atoms with van der Waals surface area (Å²) in [6.45, 7) is 5.43. The summed E-state index contributed by atoms with van der Waals surface area (Å²) < 4.78 is 5.14. The van der Waals surface area contributed by atoms with Gasteiger partial charge in [-0.1, -0.05) is 23.5 Å². The van der Waals surface area contributed by atoms with Crippen LogP contribution in [-0.2, 0) is 18.0 Å². The third kappa shape index (κ3) is 3.17. The molecule has 1 aromatic heterocycles. The first-order chi connectivity index (χ1) is 9.69. The fourth-order valence-corrected chi connectivity index (χ4v) is 3.09. The topological polar surface area (TPSA) is 45.6 Å². The molecular formula is C15H20N2O2S. The van der Waals surface area contributed by atoms with Gasteiger partial charge in [-0.2, -0.15) is 0 Å². The molecule has 2 aromatic rings. The highest BCUT2D eigenvalue weighted by Gasteiger charge is 2.16. The van der Waals surface area contributed by atoms with Crippen LogP contribution in [0.5, 0.6) is 0 Å². The number of benzene rings is 1. The van der Waals surface area contributed by atoms with Gasteiger partial charge >= 0.3 is 0 Å². The van der Waals surface area contributed by atoms with E-state index in [0.29, 0.717) is 6.61 Å². The van der Waals surface area contributed by atoms with Crippen molar-refractivity contribution in [2.75, 3.05) is 18.6 Å². The van der Waals surface area contributed by atoms with Crippen LogP contribution in [0.4, 0.5) is 10.8 Å². The number of anilines is 2. The standard InChI is InChI=1S/C15H20N2O2S/c1-4-17(12-7-5-6-11(2)8-12)15-16-13(10-19-3)14(9-18)20-15/h5-8,18H,4,9-10H2,1-3H3. The summed E-state index contributed by atoms with van der Waals surface area (Å²) in [5.41, 5.74) is 3.16.